The van der Waals surface area contributed by atoms with Crippen LogP contribution in [0.5, 0.6) is 11.5 Å². The van der Waals surface area contributed by atoms with Crippen LogP contribution in [0.25, 0.3) is 0 Å². The van der Waals surface area contributed by atoms with Gasteiger partial charge < -0.3 is 19.7 Å². The second-order valence-electron chi connectivity index (χ2n) is 9.19. The molecule has 192 valence electrons. The Balaban J connectivity index is 1.36. The Labute approximate surface area is 213 Å². The van der Waals surface area contributed by atoms with E-state index in [0.717, 1.165) is 42.2 Å². The first-order chi connectivity index (χ1) is 17.6. The van der Waals surface area contributed by atoms with Gasteiger partial charge in [0.2, 0.25) is 11.8 Å². The molecule has 2 aliphatic rings. The van der Waals surface area contributed by atoms with Crippen LogP contribution in [-0.2, 0) is 16.1 Å². The van der Waals surface area contributed by atoms with E-state index in [4.69, 9.17) is 9.47 Å². The Morgan fingerprint density at radius 2 is 1.81 bits per heavy atom. The van der Waals surface area contributed by atoms with E-state index in [9.17, 15) is 9.59 Å². The summed E-state index contributed by atoms with van der Waals surface area (Å²) in [5, 5.41) is 9.16. The van der Waals surface area contributed by atoms with Crippen LogP contribution in [0, 0.1) is 0 Å². The summed E-state index contributed by atoms with van der Waals surface area (Å²) in [4.78, 5) is 27.3. The van der Waals surface area contributed by atoms with Crippen LogP contribution in [0.4, 0.5) is 5.69 Å². The van der Waals surface area contributed by atoms with Crippen molar-refractivity contribution in [2.24, 2.45) is 5.10 Å². The standard InChI is InChI=1S/C28H36N4O4/c1-3-36-26-19-22(9-13-25(26)35-2)24-12-14-28(34)32(30-24)20-21-7-10-23(11-8-21)29-27(33)15-18-31-16-5-4-6-17-31/h7-11,13,19H,3-6,12,14-18,20H2,1-2H3,(H,29,33). The number of hydrazone groups is 1. The first-order valence-corrected chi connectivity index (χ1v) is 12.9. The van der Waals surface area contributed by atoms with Gasteiger partial charge >= 0.3 is 0 Å². The van der Waals surface area contributed by atoms with Gasteiger partial charge in [-0.25, -0.2) is 5.01 Å². The fraction of sp³-hybridized carbons (Fsp3) is 0.464. The number of anilines is 1. The predicted octanol–water partition coefficient (Wildman–Crippen LogP) is 4.44. The van der Waals surface area contributed by atoms with E-state index in [1.807, 2.05) is 49.4 Å². The lowest BCUT2D eigenvalue weighted by Gasteiger charge is -2.26. The molecule has 8 nitrogen and oxygen atoms in total. The summed E-state index contributed by atoms with van der Waals surface area (Å²) in [6, 6.07) is 13.3. The number of benzene rings is 2. The monoisotopic (exact) mass is 492 g/mol. The Morgan fingerprint density at radius 1 is 1.03 bits per heavy atom. The topological polar surface area (TPSA) is 83.5 Å². The van der Waals surface area contributed by atoms with E-state index >= 15 is 0 Å². The molecule has 0 aliphatic carbocycles. The molecule has 2 aliphatic heterocycles. The minimum absolute atomic E-state index is 0.00705. The number of hydrogen-bond donors (Lipinski definition) is 1. The molecule has 0 atom stereocenters. The molecule has 8 heteroatoms. The summed E-state index contributed by atoms with van der Waals surface area (Å²) in [5.41, 5.74) is 3.47. The molecule has 0 unspecified atom stereocenters. The zero-order valence-corrected chi connectivity index (χ0v) is 21.3. The third-order valence-corrected chi connectivity index (χ3v) is 6.58. The molecular weight excluding hydrogens is 456 g/mol. The number of ether oxygens (including phenoxy) is 2. The van der Waals surface area contributed by atoms with Gasteiger partial charge in [0.15, 0.2) is 11.5 Å². The Bertz CT molecular complexity index is 1080. The number of methoxy groups -OCH3 is 1. The number of nitrogens with zero attached hydrogens (tertiary/aromatic N) is 3. The lowest BCUT2D eigenvalue weighted by Crippen LogP contribution is -2.32. The lowest BCUT2D eigenvalue weighted by atomic mass is 10.0. The summed E-state index contributed by atoms with van der Waals surface area (Å²) in [5.74, 6) is 1.35. The molecule has 0 aromatic heterocycles. The average molecular weight is 493 g/mol. The first kappa shape index (κ1) is 25.7. The summed E-state index contributed by atoms with van der Waals surface area (Å²) in [6.45, 7) is 5.82. The van der Waals surface area contributed by atoms with Gasteiger partial charge in [-0.15, -0.1) is 0 Å². The molecule has 2 heterocycles. The highest BCUT2D eigenvalue weighted by molar-refractivity contribution is 6.04. The number of nitrogens with one attached hydrogen (secondary N) is 1. The number of hydrogen-bond acceptors (Lipinski definition) is 6. The molecule has 2 aromatic carbocycles. The first-order valence-electron chi connectivity index (χ1n) is 12.9. The van der Waals surface area contributed by atoms with E-state index in [1.165, 1.54) is 24.3 Å². The summed E-state index contributed by atoms with van der Waals surface area (Å²) in [7, 11) is 1.61. The second kappa shape index (κ2) is 12.5. The lowest BCUT2D eigenvalue weighted by molar-refractivity contribution is -0.132. The number of carbonyl (C=O) groups is 2. The zero-order chi connectivity index (χ0) is 25.3. The largest absolute Gasteiger partial charge is 0.493 e. The number of piperidine rings is 1. The Hall–Kier alpha value is -3.39. The summed E-state index contributed by atoms with van der Waals surface area (Å²) < 4.78 is 11.1. The summed E-state index contributed by atoms with van der Waals surface area (Å²) in [6.07, 6.45) is 5.22. The highest BCUT2D eigenvalue weighted by atomic mass is 16.5. The number of carbonyl (C=O) groups excluding carboxylic acids is 2. The Kier molecular flexibility index (Phi) is 8.95. The van der Waals surface area contributed by atoms with E-state index in [1.54, 1.807) is 7.11 Å². The fourth-order valence-electron chi connectivity index (χ4n) is 4.59. The van der Waals surface area contributed by atoms with Gasteiger partial charge in [0, 0.05) is 37.1 Å². The maximum atomic E-state index is 12.6. The van der Waals surface area contributed by atoms with Crippen molar-refractivity contribution >= 4 is 23.2 Å². The van der Waals surface area contributed by atoms with Crippen molar-refractivity contribution in [1.29, 1.82) is 0 Å². The third-order valence-electron chi connectivity index (χ3n) is 6.58. The normalized spacial score (nSPS) is 16.4. The highest BCUT2D eigenvalue weighted by Crippen LogP contribution is 2.30. The molecule has 0 bridgehead atoms. The number of likely N-dealkylation sites (tertiary alicyclic amines) is 1. The van der Waals surface area contributed by atoms with E-state index < -0.39 is 0 Å². The minimum atomic E-state index is -0.00705. The molecule has 4 rings (SSSR count). The minimum Gasteiger partial charge on any atom is -0.493 e. The number of rotatable bonds is 10. The van der Waals surface area contributed by atoms with Crippen molar-refractivity contribution in [2.75, 3.05) is 38.7 Å². The van der Waals surface area contributed by atoms with Gasteiger partial charge in [0.1, 0.15) is 0 Å². The molecule has 1 N–H and O–H groups in total. The molecule has 36 heavy (non-hydrogen) atoms. The van der Waals surface area contributed by atoms with E-state index in [0.29, 0.717) is 43.9 Å². The molecule has 0 saturated carbocycles. The SMILES string of the molecule is CCOc1cc(C2=NN(Cc3ccc(NC(=O)CCN4CCCCC4)cc3)C(=O)CC2)ccc1OC. The van der Waals surface area contributed by atoms with Crippen molar-refractivity contribution in [3.05, 3.63) is 53.6 Å². The van der Waals surface area contributed by atoms with Crippen molar-refractivity contribution < 1.29 is 19.1 Å². The van der Waals surface area contributed by atoms with Crippen molar-refractivity contribution in [1.82, 2.24) is 9.91 Å². The number of amides is 2. The Morgan fingerprint density at radius 3 is 2.53 bits per heavy atom. The molecule has 0 spiro atoms. The van der Waals surface area contributed by atoms with Crippen LogP contribution >= 0.6 is 0 Å². The maximum absolute atomic E-state index is 12.6. The van der Waals surface area contributed by atoms with Crippen molar-refractivity contribution in [2.45, 2.75) is 52.0 Å². The van der Waals surface area contributed by atoms with Crippen molar-refractivity contribution in [3.63, 3.8) is 0 Å². The van der Waals surface area contributed by atoms with Crippen LogP contribution in [0.1, 0.15) is 56.6 Å². The zero-order valence-electron chi connectivity index (χ0n) is 21.3. The van der Waals surface area contributed by atoms with Gasteiger partial charge in [-0.05, 0) is 68.8 Å². The smallest absolute Gasteiger partial charge is 0.243 e. The molecule has 1 saturated heterocycles. The van der Waals surface area contributed by atoms with E-state index in [-0.39, 0.29) is 11.8 Å². The molecule has 1 fully saturated rings. The van der Waals surface area contributed by atoms with Crippen LogP contribution in [0.2, 0.25) is 0 Å². The maximum Gasteiger partial charge on any atom is 0.243 e. The van der Waals surface area contributed by atoms with Crippen LogP contribution < -0.4 is 14.8 Å². The predicted molar refractivity (Wildman–Crippen MR) is 140 cm³/mol. The highest BCUT2D eigenvalue weighted by Gasteiger charge is 2.22. The van der Waals surface area contributed by atoms with E-state index in [2.05, 4.69) is 15.3 Å². The second-order valence-corrected chi connectivity index (χ2v) is 9.19. The molecular formula is C28H36N4O4. The van der Waals surface area contributed by atoms with Gasteiger partial charge in [-0.3, -0.25) is 9.59 Å². The van der Waals surface area contributed by atoms with Crippen LogP contribution in [0.3, 0.4) is 0 Å². The quantitative estimate of drug-likeness (QED) is 0.530. The molecule has 2 aromatic rings. The summed E-state index contributed by atoms with van der Waals surface area (Å²) >= 11 is 0. The van der Waals surface area contributed by atoms with Gasteiger partial charge in [0.25, 0.3) is 0 Å². The fourth-order valence-corrected chi connectivity index (χ4v) is 4.59. The molecule has 0 radical (unpaired) electrons. The van der Waals surface area contributed by atoms with Crippen LogP contribution in [-0.4, -0.2) is 60.8 Å². The van der Waals surface area contributed by atoms with Gasteiger partial charge in [0.05, 0.1) is 26.0 Å². The van der Waals surface area contributed by atoms with Crippen molar-refractivity contribution in [3.8, 4) is 11.5 Å². The third kappa shape index (κ3) is 6.85. The van der Waals surface area contributed by atoms with Gasteiger partial charge in [-0.2, -0.15) is 5.10 Å². The van der Waals surface area contributed by atoms with Gasteiger partial charge in [-0.1, -0.05) is 18.6 Å². The molecule has 2 amide bonds. The average Bonchev–Trinajstić information content (AvgIpc) is 2.90. The van der Waals surface area contributed by atoms with Crippen LogP contribution in [0.15, 0.2) is 47.6 Å².